The minimum Gasteiger partial charge on any atom is -0.431 e. The van der Waals surface area contributed by atoms with Crippen LogP contribution in [0.1, 0.15) is 0 Å². The van der Waals surface area contributed by atoms with Gasteiger partial charge in [0.1, 0.15) is 32.5 Å². The average molecular weight is 260 g/mol. The number of hydrogen-bond donors (Lipinski definition) is 1. The van der Waals surface area contributed by atoms with Crippen LogP contribution < -0.4 is 0 Å². The molecule has 0 aliphatic rings. The second kappa shape index (κ2) is 10.2. The van der Waals surface area contributed by atoms with Gasteiger partial charge in [0.25, 0.3) is 0 Å². The number of hydrogen-bond acceptors (Lipinski definition) is 7. The van der Waals surface area contributed by atoms with E-state index >= 15 is 0 Å². The average Bonchev–Trinajstić information content (AvgIpc) is 2.37. The Labute approximate surface area is 105 Å². The predicted molar refractivity (Wildman–Crippen MR) is 61.0 cm³/mol. The summed E-state index contributed by atoms with van der Waals surface area (Å²) in [6, 6.07) is 0. The van der Waals surface area contributed by atoms with Crippen molar-refractivity contribution in [1.29, 1.82) is 0 Å². The maximum Gasteiger partial charge on any atom is 0.508 e. The molecule has 0 bridgehead atoms. The fraction of sp³-hybridized carbons (Fsp3) is 0.455. The Hall–Kier alpha value is -2.02. The van der Waals surface area contributed by atoms with E-state index in [1.54, 1.807) is 0 Å². The molecule has 0 aromatic rings. The first-order valence-corrected chi connectivity index (χ1v) is 5.09. The third-order valence-electron chi connectivity index (χ3n) is 1.43. The summed E-state index contributed by atoms with van der Waals surface area (Å²) < 4.78 is 18.0. The van der Waals surface area contributed by atoms with Crippen molar-refractivity contribution < 1.29 is 33.6 Å². The minimum atomic E-state index is -1.16. The number of rotatable bonds is 8. The zero-order valence-electron chi connectivity index (χ0n) is 9.87. The minimum absolute atomic E-state index is 0.0132. The van der Waals surface area contributed by atoms with Crippen LogP contribution in [-0.2, 0) is 18.9 Å². The van der Waals surface area contributed by atoms with Gasteiger partial charge in [0.2, 0.25) is 0 Å². The van der Waals surface area contributed by atoms with Crippen molar-refractivity contribution in [1.82, 2.24) is 0 Å². The second-order valence-corrected chi connectivity index (χ2v) is 2.98. The van der Waals surface area contributed by atoms with Gasteiger partial charge < -0.3 is 24.1 Å². The summed E-state index contributed by atoms with van der Waals surface area (Å²) in [5, 5.41) is 9.29. The molecule has 7 heteroatoms. The molecule has 0 aromatic heterocycles. The molecular weight excluding hydrogens is 244 g/mol. The number of aliphatic hydroxyl groups excluding tert-OH is 1. The number of carbonyl (C=O) groups excluding carboxylic acids is 2. The third-order valence-corrected chi connectivity index (χ3v) is 1.43. The van der Waals surface area contributed by atoms with Gasteiger partial charge in [-0.15, -0.1) is 0 Å². The summed E-state index contributed by atoms with van der Waals surface area (Å²) in [7, 11) is 0. The van der Waals surface area contributed by atoms with E-state index in [4.69, 9.17) is 0 Å². The first-order valence-electron chi connectivity index (χ1n) is 5.09. The van der Waals surface area contributed by atoms with Crippen LogP contribution in [0.15, 0.2) is 25.3 Å². The maximum absolute atomic E-state index is 10.8. The summed E-state index contributed by atoms with van der Waals surface area (Å²) in [6.45, 7) is 5.99. The molecule has 0 aliphatic heterocycles. The number of ether oxygens (including phenoxy) is 4. The molecule has 0 heterocycles. The molecule has 0 spiro atoms. The first-order chi connectivity index (χ1) is 8.60. The quantitative estimate of drug-likeness (QED) is 0.514. The van der Waals surface area contributed by atoms with Crippen LogP contribution in [0.3, 0.4) is 0 Å². The van der Waals surface area contributed by atoms with Gasteiger partial charge in [-0.3, -0.25) is 0 Å². The van der Waals surface area contributed by atoms with Gasteiger partial charge in [0.05, 0.1) is 0 Å². The van der Waals surface area contributed by atoms with Gasteiger partial charge in [0.15, 0.2) is 0 Å². The summed E-state index contributed by atoms with van der Waals surface area (Å²) in [6.07, 6.45) is -0.295. The summed E-state index contributed by atoms with van der Waals surface area (Å²) >= 11 is 0. The van der Waals surface area contributed by atoms with Crippen molar-refractivity contribution in [3.8, 4) is 0 Å². The highest BCUT2D eigenvalue weighted by Gasteiger charge is 2.12. The lowest BCUT2D eigenvalue weighted by molar-refractivity contribution is -0.0142. The normalized spacial score (nSPS) is 9.44. The van der Waals surface area contributed by atoms with Crippen molar-refractivity contribution >= 4 is 12.3 Å². The van der Waals surface area contributed by atoms with Crippen LogP contribution in [0.2, 0.25) is 0 Å². The van der Waals surface area contributed by atoms with Crippen LogP contribution in [0.4, 0.5) is 9.59 Å². The molecular formula is C11H16O7. The SMILES string of the molecule is C=CCOC(=O)OCC(O)COC(=O)OCC=C. The Morgan fingerprint density at radius 2 is 1.33 bits per heavy atom. The van der Waals surface area contributed by atoms with Crippen molar-refractivity contribution in [3.05, 3.63) is 25.3 Å². The molecule has 0 radical (unpaired) electrons. The number of aliphatic hydroxyl groups is 1. The molecule has 0 aromatic carbocycles. The molecule has 0 saturated heterocycles. The van der Waals surface area contributed by atoms with Crippen LogP contribution in [0, 0.1) is 0 Å². The summed E-state index contributed by atoms with van der Waals surface area (Å²) in [4.78, 5) is 21.7. The first kappa shape index (κ1) is 16.0. The molecule has 0 aliphatic carbocycles. The molecule has 0 fully saturated rings. The molecule has 18 heavy (non-hydrogen) atoms. The lowest BCUT2D eigenvalue weighted by Crippen LogP contribution is -2.26. The van der Waals surface area contributed by atoms with Gasteiger partial charge in [-0.25, -0.2) is 9.59 Å². The lowest BCUT2D eigenvalue weighted by Gasteiger charge is -2.11. The van der Waals surface area contributed by atoms with E-state index in [9.17, 15) is 14.7 Å². The van der Waals surface area contributed by atoms with Crippen molar-refractivity contribution in [2.24, 2.45) is 0 Å². The molecule has 0 rings (SSSR count). The van der Waals surface area contributed by atoms with Gasteiger partial charge >= 0.3 is 12.3 Å². The zero-order chi connectivity index (χ0) is 13.8. The highest BCUT2D eigenvalue weighted by Crippen LogP contribution is 1.93. The van der Waals surface area contributed by atoms with Gasteiger partial charge in [0, 0.05) is 0 Å². The Kier molecular flexibility index (Phi) is 9.01. The third kappa shape index (κ3) is 9.22. The molecule has 0 atom stereocenters. The van der Waals surface area contributed by atoms with Gasteiger partial charge in [-0.2, -0.15) is 0 Å². The van der Waals surface area contributed by atoms with E-state index in [2.05, 4.69) is 32.1 Å². The molecule has 1 N–H and O–H groups in total. The Morgan fingerprint density at radius 1 is 0.944 bits per heavy atom. The van der Waals surface area contributed by atoms with E-state index < -0.39 is 18.4 Å². The predicted octanol–water partition coefficient (Wildman–Crippen LogP) is 1.03. The monoisotopic (exact) mass is 260 g/mol. The van der Waals surface area contributed by atoms with Crippen molar-refractivity contribution in [2.75, 3.05) is 26.4 Å². The molecule has 0 unspecified atom stereocenters. The molecule has 0 saturated carbocycles. The Bertz CT molecular complexity index is 259. The molecule has 7 nitrogen and oxygen atoms in total. The Morgan fingerprint density at radius 3 is 1.67 bits per heavy atom. The van der Waals surface area contributed by atoms with Crippen LogP contribution in [0.25, 0.3) is 0 Å². The Balaban J connectivity index is 3.61. The fourth-order valence-corrected chi connectivity index (χ4v) is 0.714. The fourth-order valence-electron chi connectivity index (χ4n) is 0.714. The van der Waals surface area contributed by atoms with Crippen LogP contribution in [0.5, 0.6) is 0 Å². The molecule has 0 amide bonds. The van der Waals surface area contributed by atoms with Crippen molar-refractivity contribution in [2.45, 2.75) is 6.10 Å². The van der Waals surface area contributed by atoms with Crippen molar-refractivity contribution in [3.63, 3.8) is 0 Å². The van der Waals surface area contributed by atoms with E-state index in [0.29, 0.717) is 0 Å². The smallest absolute Gasteiger partial charge is 0.431 e. The van der Waals surface area contributed by atoms with Crippen LogP contribution in [-0.4, -0.2) is 49.9 Å². The summed E-state index contributed by atoms with van der Waals surface area (Å²) in [5.74, 6) is 0. The van der Waals surface area contributed by atoms with Gasteiger partial charge in [-0.1, -0.05) is 25.3 Å². The second-order valence-electron chi connectivity index (χ2n) is 2.98. The van der Waals surface area contributed by atoms with Crippen LogP contribution >= 0.6 is 0 Å². The van der Waals surface area contributed by atoms with Gasteiger partial charge in [-0.05, 0) is 0 Å². The maximum atomic E-state index is 10.8. The standard InChI is InChI=1S/C11H16O7/c1-3-5-15-10(13)17-7-9(12)8-18-11(14)16-6-4-2/h3-4,9,12H,1-2,5-8H2. The van der Waals surface area contributed by atoms with E-state index in [1.165, 1.54) is 12.2 Å². The highest BCUT2D eigenvalue weighted by atomic mass is 16.7. The van der Waals surface area contributed by atoms with E-state index in [0.717, 1.165) is 0 Å². The molecule has 102 valence electrons. The largest absolute Gasteiger partial charge is 0.508 e. The number of carbonyl (C=O) groups is 2. The van der Waals surface area contributed by atoms with E-state index in [-0.39, 0.29) is 26.4 Å². The van der Waals surface area contributed by atoms with E-state index in [1.807, 2.05) is 0 Å². The topological polar surface area (TPSA) is 91.3 Å². The summed E-state index contributed by atoms with van der Waals surface area (Å²) in [5.41, 5.74) is 0. The highest BCUT2D eigenvalue weighted by molar-refractivity contribution is 5.60. The zero-order valence-corrected chi connectivity index (χ0v) is 9.87. The lowest BCUT2D eigenvalue weighted by atomic mass is 10.4.